The Morgan fingerprint density at radius 3 is 2.78 bits per heavy atom. The van der Waals surface area contributed by atoms with Crippen molar-refractivity contribution in [3.05, 3.63) is 0 Å². The summed E-state index contributed by atoms with van der Waals surface area (Å²) in [6.45, 7) is 0.896. The van der Waals surface area contributed by atoms with E-state index in [1.165, 1.54) is 0 Å². The van der Waals surface area contributed by atoms with Gasteiger partial charge >= 0.3 is 0 Å². The summed E-state index contributed by atoms with van der Waals surface area (Å²) in [5.41, 5.74) is 5.42. The molecule has 0 aromatic carbocycles. The summed E-state index contributed by atoms with van der Waals surface area (Å²) >= 11 is 0. The number of rotatable bonds is 0. The fraction of sp³-hybridized carbons (Fsp3) is 1.00. The van der Waals surface area contributed by atoms with Crippen LogP contribution in [0.1, 0.15) is 0 Å². The Morgan fingerprint density at radius 1 is 1.33 bits per heavy atom. The van der Waals surface area contributed by atoms with Gasteiger partial charge in [0.2, 0.25) is 0 Å². The molecule has 0 saturated carbocycles. The van der Waals surface area contributed by atoms with Gasteiger partial charge in [0.1, 0.15) is 6.79 Å². The molecule has 4 nitrogen and oxygen atoms in total. The highest BCUT2D eigenvalue weighted by Crippen LogP contribution is 1.97. The molecule has 0 amide bonds. The zero-order valence-electron chi connectivity index (χ0n) is 5.12. The standard InChI is InChI=1S/C5H11NO3/c6-4-1-8-3-9-2-5(4)7/h4-5,7H,1-3,6H2/t4-,5-/m1/s1. The number of ether oxygens (including phenoxy) is 2. The predicted octanol–water partition coefficient (Wildman–Crippen LogP) is -1.32. The second-order valence-electron chi connectivity index (χ2n) is 2.09. The highest BCUT2D eigenvalue weighted by atomic mass is 16.7. The van der Waals surface area contributed by atoms with Gasteiger partial charge in [-0.15, -0.1) is 0 Å². The summed E-state index contributed by atoms with van der Waals surface area (Å²) in [4.78, 5) is 0. The second-order valence-corrected chi connectivity index (χ2v) is 2.09. The first-order valence-corrected chi connectivity index (χ1v) is 2.90. The first-order chi connectivity index (χ1) is 4.30. The van der Waals surface area contributed by atoms with Crippen molar-refractivity contribution in [2.24, 2.45) is 5.73 Å². The lowest BCUT2D eigenvalue weighted by molar-refractivity contribution is -0.0421. The molecule has 1 saturated heterocycles. The maximum absolute atomic E-state index is 9.03. The molecule has 9 heavy (non-hydrogen) atoms. The van der Waals surface area contributed by atoms with E-state index in [-0.39, 0.29) is 19.4 Å². The lowest BCUT2D eigenvalue weighted by Gasteiger charge is -2.11. The highest BCUT2D eigenvalue weighted by molar-refractivity contribution is 4.71. The van der Waals surface area contributed by atoms with Gasteiger partial charge < -0.3 is 20.3 Å². The van der Waals surface area contributed by atoms with Crippen molar-refractivity contribution in [1.82, 2.24) is 0 Å². The molecule has 54 valence electrons. The van der Waals surface area contributed by atoms with Gasteiger partial charge in [-0.05, 0) is 0 Å². The first kappa shape index (κ1) is 6.95. The maximum Gasteiger partial charge on any atom is 0.146 e. The van der Waals surface area contributed by atoms with Crippen LogP contribution >= 0.6 is 0 Å². The largest absolute Gasteiger partial charge is 0.389 e. The van der Waals surface area contributed by atoms with Crippen LogP contribution in [-0.2, 0) is 9.47 Å². The van der Waals surface area contributed by atoms with Crippen molar-refractivity contribution in [3.63, 3.8) is 0 Å². The normalized spacial score (nSPS) is 38.0. The zero-order valence-corrected chi connectivity index (χ0v) is 5.12. The Labute approximate surface area is 53.6 Å². The minimum absolute atomic E-state index is 0.241. The summed E-state index contributed by atoms with van der Waals surface area (Å²) in [5, 5.41) is 9.03. The van der Waals surface area contributed by atoms with Crippen molar-refractivity contribution < 1.29 is 14.6 Å². The number of hydrogen-bond donors (Lipinski definition) is 2. The van der Waals surface area contributed by atoms with Gasteiger partial charge in [0.15, 0.2) is 0 Å². The molecule has 2 atom stereocenters. The first-order valence-electron chi connectivity index (χ1n) is 2.90. The SMILES string of the molecule is N[C@@H]1COCOC[C@H]1O. The Morgan fingerprint density at radius 2 is 2.00 bits per heavy atom. The van der Waals surface area contributed by atoms with Crippen molar-refractivity contribution in [2.75, 3.05) is 20.0 Å². The highest BCUT2D eigenvalue weighted by Gasteiger charge is 2.17. The van der Waals surface area contributed by atoms with Crippen molar-refractivity contribution in [3.8, 4) is 0 Å². The third-order valence-corrected chi connectivity index (χ3v) is 1.26. The van der Waals surface area contributed by atoms with Crippen LogP contribution in [-0.4, -0.2) is 37.3 Å². The van der Waals surface area contributed by atoms with Crippen molar-refractivity contribution in [2.45, 2.75) is 12.1 Å². The molecule has 0 spiro atoms. The van der Waals surface area contributed by atoms with Gasteiger partial charge in [-0.25, -0.2) is 0 Å². The maximum atomic E-state index is 9.03. The average molecular weight is 133 g/mol. The Kier molecular flexibility index (Phi) is 2.41. The van der Waals surface area contributed by atoms with Gasteiger partial charge in [-0.2, -0.15) is 0 Å². The molecule has 0 unspecified atom stereocenters. The van der Waals surface area contributed by atoms with E-state index < -0.39 is 6.10 Å². The lowest BCUT2D eigenvalue weighted by Crippen LogP contribution is -2.39. The molecule has 0 aromatic heterocycles. The molecule has 1 heterocycles. The smallest absolute Gasteiger partial charge is 0.146 e. The average Bonchev–Trinajstić information content (AvgIpc) is 1.99. The second kappa shape index (κ2) is 3.12. The predicted molar refractivity (Wildman–Crippen MR) is 30.8 cm³/mol. The van der Waals surface area contributed by atoms with Gasteiger partial charge in [-0.1, -0.05) is 0 Å². The van der Waals surface area contributed by atoms with Gasteiger partial charge in [0, 0.05) is 0 Å². The summed E-state index contributed by atoms with van der Waals surface area (Å²) in [6.07, 6.45) is -0.576. The number of hydrogen-bond acceptors (Lipinski definition) is 4. The van der Waals surface area contributed by atoms with Gasteiger partial charge in [-0.3, -0.25) is 0 Å². The van der Waals surface area contributed by atoms with Crippen LogP contribution < -0.4 is 5.73 Å². The van der Waals surface area contributed by atoms with E-state index >= 15 is 0 Å². The Bertz CT molecular complexity index is 78.3. The number of nitrogens with two attached hydrogens (primary N) is 1. The van der Waals surface area contributed by atoms with Crippen molar-refractivity contribution in [1.29, 1.82) is 0 Å². The third-order valence-electron chi connectivity index (χ3n) is 1.26. The van der Waals surface area contributed by atoms with Crippen LogP contribution in [0.25, 0.3) is 0 Å². The molecule has 0 bridgehead atoms. The molecule has 0 aliphatic carbocycles. The zero-order chi connectivity index (χ0) is 6.69. The van der Waals surface area contributed by atoms with Crippen LogP contribution in [0.15, 0.2) is 0 Å². The summed E-state index contributed by atoms with van der Waals surface area (Å²) in [6, 6.07) is -0.299. The van der Waals surface area contributed by atoms with E-state index in [1.54, 1.807) is 0 Å². The minimum atomic E-state index is -0.576. The van der Waals surface area contributed by atoms with Gasteiger partial charge in [0.25, 0.3) is 0 Å². The fourth-order valence-corrected chi connectivity index (χ4v) is 0.647. The number of aliphatic hydroxyl groups excluding tert-OH is 1. The summed E-state index contributed by atoms with van der Waals surface area (Å²) in [7, 11) is 0. The monoisotopic (exact) mass is 133 g/mol. The molecule has 0 aromatic rings. The molecular formula is C5H11NO3. The van der Waals surface area contributed by atoms with E-state index in [0.717, 1.165) is 0 Å². The Hall–Kier alpha value is -0.160. The van der Waals surface area contributed by atoms with Crippen LogP contribution in [0.2, 0.25) is 0 Å². The van der Waals surface area contributed by atoms with Crippen LogP contribution in [0, 0.1) is 0 Å². The van der Waals surface area contributed by atoms with Crippen LogP contribution in [0.4, 0.5) is 0 Å². The Balaban J connectivity index is 2.32. The van der Waals surface area contributed by atoms with E-state index in [1.807, 2.05) is 0 Å². The molecule has 1 aliphatic rings. The van der Waals surface area contributed by atoms with E-state index in [9.17, 15) is 0 Å². The molecule has 4 heteroatoms. The lowest BCUT2D eigenvalue weighted by atomic mass is 10.2. The third kappa shape index (κ3) is 1.91. The summed E-state index contributed by atoms with van der Waals surface area (Å²) in [5.74, 6) is 0. The molecule has 1 fully saturated rings. The van der Waals surface area contributed by atoms with E-state index in [0.29, 0.717) is 6.61 Å². The minimum Gasteiger partial charge on any atom is -0.389 e. The molecule has 1 rings (SSSR count). The molecular weight excluding hydrogens is 122 g/mol. The van der Waals surface area contributed by atoms with Crippen LogP contribution in [0.3, 0.4) is 0 Å². The van der Waals surface area contributed by atoms with E-state index in [4.69, 9.17) is 20.3 Å². The number of aliphatic hydroxyl groups is 1. The molecule has 3 N–H and O–H groups in total. The van der Waals surface area contributed by atoms with Crippen molar-refractivity contribution >= 4 is 0 Å². The van der Waals surface area contributed by atoms with Crippen LogP contribution in [0.5, 0.6) is 0 Å². The summed E-state index contributed by atoms with van der Waals surface area (Å²) < 4.78 is 9.69. The quantitative estimate of drug-likeness (QED) is 0.430. The molecule has 0 radical (unpaired) electrons. The molecule has 1 aliphatic heterocycles. The fourth-order valence-electron chi connectivity index (χ4n) is 0.647. The van der Waals surface area contributed by atoms with E-state index in [2.05, 4.69) is 0 Å². The topological polar surface area (TPSA) is 64.7 Å². The van der Waals surface area contributed by atoms with Gasteiger partial charge in [0.05, 0.1) is 25.4 Å².